The van der Waals surface area contributed by atoms with Crippen LogP contribution < -0.4 is 10.2 Å². The van der Waals surface area contributed by atoms with Gasteiger partial charge in [0.2, 0.25) is 0 Å². The van der Waals surface area contributed by atoms with Crippen molar-refractivity contribution in [2.24, 2.45) is 0 Å². The van der Waals surface area contributed by atoms with Gasteiger partial charge in [0.15, 0.2) is 0 Å². The Balaban J connectivity index is 2.17. The van der Waals surface area contributed by atoms with Gasteiger partial charge >= 0.3 is 0 Å². The Hall–Kier alpha value is -1.06. The van der Waals surface area contributed by atoms with Crippen molar-refractivity contribution in [3.63, 3.8) is 0 Å². The molecule has 0 spiro atoms. The largest absolute Gasteiger partial charge is 0.380 e. The molecular weight excluding hydrogens is 200 g/mol. The molecule has 1 aromatic carbocycles. The Kier molecular flexibility index (Phi) is 3.80. The molecule has 1 fully saturated rings. The fraction of sp³-hybridized carbons (Fsp3) is 0.538. The number of rotatable bonds is 3. The highest BCUT2D eigenvalue weighted by Crippen LogP contribution is 2.22. The van der Waals surface area contributed by atoms with Gasteiger partial charge in [-0.1, -0.05) is 18.2 Å². The van der Waals surface area contributed by atoms with Crippen molar-refractivity contribution in [1.82, 2.24) is 5.32 Å². The van der Waals surface area contributed by atoms with Crippen LogP contribution >= 0.6 is 0 Å². The average molecular weight is 220 g/mol. The molecule has 1 unspecified atom stereocenters. The van der Waals surface area contributed by atoms with Crippen molar-refractivity contribution in [2.75, 3.05) is 31.6 Å². The van der Waals surface area contributed by atoms with Gasteiger partial charge in [0.1, 0.15) is 0 Å². The lowest BCUT2D eigenvalue weighted by atomic mass is 10.1. The van der Waals surface area contributed by atoms with Gasteiger partial charge in [-0.05, 0) is 13.0 Å². The highest BCUT2D eigenvalue weighted by molar-refractivity contribution is 5.54. The van der Waals surface area contributed by atoms with Gasteiger partial charge in [0, 0.05) is 44.0 Å². The zero-order chi connectivity index (χ0) is 11.4. The summed E-state index contributed by atoms with van der Waals surface area (Å²) in [4.78, 5) is 2.44. The molecular formula is C13H20N2O. The number of nitrogens with zero attached hydrogens (tertiary/aromatic N) is 1. The molecule has 0 saturated carbocycles. The Morgan fingerprint density at radius 1 is 1.44 bits per heavy atom. The zero-order valence-corrected chi connectivity index (χ0v) is 10.1. The van der Waals surface area contributed by atoms with Gasteiger partial charge in [-0.2, -0.15) is 0 Å². The summed E-state index contributed by atoms with van der Waals surface area (Å²) in [7, 11) is 1.75. The number of para-hydroxylation sites is 1. The molecule has 1 atom stereocenters. The Morgan fingerprint density at radius 2 is 2.25 bits per heavy atom. The first-order valence-corrected chi connectivity index (χ1v) is 5.86. The molecule has 0 bridgehead atoms. The monoisotopic (exact) mass is 220 g/mol. The highest BCUT2D eigenvalue weighted by Gasteiger charge is 2.17. The minimum Gasteiger partial charge on any atom is -0.380 e. The van der Waals surface area contributed by atoms with Crippen LogP contribution in [0.2, 0.25) is 0 Å². The van der Waals surface area contributed by atoms with Gasteiger partial charge in [0.25, 0.3) is 0 Å². The molecule has 16 heavy (non-hydrogen) atoms. The lowest BCUT2D eigenvalue weighted by molar-refractivity contribution is 0.185. The zero-order valence-electron chi connectivity index (χ0n) is 10.1. The normalized spacial score (nSPS) is 21.1. The summed E-state index contributed by atoms with van der Waals surface area (Å²) in [6, 6.07) is 9.06. The molecule has 88 valence electrons. The molecule has 2 rings (SSSR count). The van der Waals surface area contributed by atoms with Crippen LogP contribution in [0, 0.1) is 0 Å². The quantitative estimate of drug-likeness (QED) is 0.838. The maximum Gasteiger partial charge on any atom is 0.0733 e. The lowest BCUT2D eigenvalue weighted by Crippen LogP contribution is -2.49. The van der Waals surface area contributed by atoms with E-state index in [0.29, 0.717) is 12.6 Å². The minimum absolute atomic E-state index is 0.560. The number of ether oxygens (including phenoxy) is 1. The first-order chi connectivity index (χ1) is 7.81. The van der Waals surface area contributed by atoms with Crippen LogP contribution in [-0.4, -0.2) is 32.8 Å². The van der Waals surface area contributed by atoms with Crippen molar-refractivity contribution < 1.29 is 4.74 Å². The molecule has 1 aliphatic rings. The first kappa shape index (κ1) is 11.4. The van der Waals surface area contributed by atoms with E-state index < -0.39 is 0 Å². The van der Waals surface area contributed by atoms with Gasteiger partial charge < -0.3 is 15.0 Å². The molecule has 1 aliphatic heterocycles. The number of hydrogen-bond acceptors (Lipinski definition) is 3. The van der Waals surface area contributed by atoms with Crippen LogP contribution in [0.15, 0.2) is 24.3 Å². The van der Waals surface area contributed by atoms with Crippen LogP contribution in [0.4, 0.5) is 5.69 Å². The van der Waals surface area contributed by atoms with Crippen LogP contribution in [-0.2, 0) is 11.3 Å². The fourth-order valence-corrected chi connectivity index (χ4v) is 2.25. The molecule has 1 heterocycles. The van der Waals surface area contributed by atoms with Crippen LogP contribution in [0.3, 0.4) is 0 Å². The molecule has 3 nitrogen and oxygen atoms in total. The molecule has 1 saturated heterocycles. The summed E-state index contributed by atoms with van der Waals surface area (Å²) in [6.45, 7) is 6.12. The van der Waals surface area contributed by atoms with Gasteiger partial charge in [0.05, 0.1) is 6.61 Å². The van der Waals surface area contributed by atoms with Crippen LogP contribution in [0.25, 0.3) is 0 Å². The van der Waals surface area contributed by atoms with E-state index in [1.165, 1.54) is 11.3 Å². The Morgan fingerprint density at radius 3 is 3.00 bits per heavy atom. The third-order valence-corrected chi connectivity index (χ3v) is 3.00. The second-order valence-corrected chi connectivity index (χ2v) is 4.36. The van der Waals surface area contributed by atoms with Crippen LogP contribution in [0.1, 0.15) is 12.5 Å². The van der Waals surface area contributed by atoms with Gasteiger partial charge in [-0.3, -0.25) is 0 Å². The molecule has 3 heteroatoms. The summed E-state index contributed by atoms with van der Waals surface area (Å²) in [5, 5.41) is 3.46. The van der Waals surface area contributed by atoms with Crippen molar-refractivity contribution in [2.45, 2.75) is 19.6 Å². The first-order valence-electron chi connectivity index (χ1n) is 5.86. The molecule has 1 aromatic rings. The van der Waals surface area contributed by atoms with E-state index in [9.17, 15) is 0 Å². The molecule has 0 amide bonds. The van der Waals surface area contributed by atoms with E-state index >= 15 is 0 Å². The number of piperazine rings is 1. The number of anilines is 1. The van der Waals surface area contributed by atoms with E-state index in [2.05, 4.69) is 41.4 Å². The number of nitrogens with one attached hydrogen (secondary N) is 1. The van der Waals surface area contributed by atoms with Crippen molar-refractivity contribution >= 4 is 5.69 Å². The third-order valence-electron chi connectivity index (χ3n) is 3.00. The Bertz CT molecular complexity index is 340. The van der Waals surface area contributed by atoms with E-state index in [-0.39, 0.29) is 0 Å². The second-order valence-electron chi connectivity index (χ2n) is 4.36. The molecule has 0 aliphatic carbocycles. The van der Waals surface area contributed by atoms with Crippen molar-refractivity contribution in [3.05, 3.63) is 29.8 Å². The summed E-state index contributed by atoms with van der Waals surface area (Å²) in [5.74, 6) is 0. The fourth-order valence-electron chi connectivity index (χ4n) is 2.25. The predicted molar refractivity (Wildman–Crippen MR) is 66.8 cm³/mol. The maximum absolute atomic E-state index is 5.24. The lowest BCUT2D eigenvalue weighted by Gasteiger charge is -2.34. The van der Waals surface area contributed by atoms with E-state index in [0.717, 1.165) is 19.6 Å². The maximum atomic E-state index is 5.24. The number of hydrogen-bond donors (Lipinski definition) is 1. The Labute approximate surface area is 97.4 Å². The third kappa shape index (κ3) is 2.54. The molecule has 0 radical (unpaired) electrons. The summed E-state index contributed by atoms with van der Waals surface area (Å²) < 4.78 is 5.24. The standard InChI is InChI=1S/C13H20N2O/c1-11-9-15(8-7-14-11)13-6-4-3-5-12(13)10-16-2/h3-6,11,14H,7-10H2,1-2H3. The van der Waals surface area contributed by atoms with Gasteiger partial charge in [-0.25, -0.2) is 0 Å². The minimum atomic E-state index is 0.560. The van der Waals surface area contributed by atoms with Crippen molar-refractivity contribution in [1.29, 1.82) is 0 Å². The van der Waals surface area contributed by atoms with E-state index in [1.54, 1.807) is 7.11 Å². The van der Waals surface area contributed by atoms with E-state index in [4.69, 9.17) is 4.74 Å². The van der Waals surface area contributed by atoms with Gasteiger partial charge in [-0.15, -0.1) is 0 Å². The van der Waals surface area contributed by atoms with E-state index in [1.807, 2.05) is 0 Å². The van der Waals surface area contributed by atoms with Crippen LogP contribution in [0.5, 0.6) is 0 Å². The molecule has 1 N–H and O–H groups in total. The average Bonchev–Trinajstić information content (AvgIpc) is 2.30. The number of methoxy groups -OCH3 is 1. The summed E-state index contributed by atoms with van der Waals surface area (Å²) >= 11 is 0. The SMILES string of the molecule is COCc1ccccc1N1CCNC(C)C1. The highest BCUT2D eigenvalue weighted by atomic mass is 16.5. The second kappa shape index (κ2) is 5.32. The predicted octanol–water partition coefficient (Wildman–Crippen LogP) is 1.63. The smallest absolute Gasteiger partial charge is 0.0733 e. The summed E-state index contributed by atoms with van der Waals surface area (Å²) in [5.41, 5.74) is 2.59. The molecule has 0 aromatic heterocycles. The number of benzene rings is 1. The van der Waals surface area contributed by atoms with Crippen molar-refractivity contribution in [3.8, 4) is 0 Å². The summed E-state index contributed by atoms with van der Waals surface area (Å²) in [6.07, 6.45) is 0. The topological polar surface area (TPSA) is 24.5 Å².